The lowest BCUT2D eigenvalue weighted by molar-refractivity contribution is -0.134. The Morgan fingerprint density at radius 2 is 1.65 bits per heavy atom. The highest BCUT2D eigenvalue weighted by Gasteiger charge is 2.22. The van der Waals surface area contributed by atoms with E-state index in [2.05, 4.69) is 11.7 Å². The minimum Gasteiger partial charge on any atom is -0.466 e. The Hall–Kier alpha value is -0.210. The second-order valence-corrected chi connectivity index (χ2v) is 8.29. The van der Waals surface area contributed by atoms with Crippen molar-refractivity contribution in [1.29, 1.82) is 0 Å². The largest absolute Gasteiger partial charge is 0.466 e. The summed E-state index contributed by atoms with van der Waals surface area (Å²) >= 11 is 12.7. The topological polar surface area (TPSA) is 26.3 Å². The molecule has 1 unspecified atom stereocenters. The molecule has 1 atom stereocenters. The van der Waals surface area contributed by atoms with E-state index in [1.165, 1.54) is 7.11 Å². The van der Waals surface area contributed by atoms with Gasteiger partial charge >= 0.3 is 5.97 Å². The molecule has 0 N–H and O–H groups in total. The van der Waals surface area contributed by atoms with Crippen LogP contribution in [0, 0.1) is 0 Å². The van der Waals surface area contributed by atoms with Crippen LogP contribution in [0.15, 0.2) is 11.6 Å². The molecule has 0 fully saturated rings. The molecule has 0 bridgehead atoms. The van der Waals surface area contributed by atoms with Gasteiger partial charge in [0.25, 0.3) is 0 Å². The predicted octanol–water partition coefficient (Wildman–Crippen LogP) is 5.46. The normalized spacial score (nSPS) is 15.8. The molecule has 0 aromatic carbocycles. The first-order valence-electron chi connectivity index (χ1n) is 7.19. The van der Waals surface area contributed by atoms with Crippen LogP contribution in [0.25, 0.3) is 0 Å². The van der Waals surface area contributed by atoms with Crippen molar-refractivity contribution in [2.24, 2.45) is 0 Å². The van der Waals surface area contributed by atoms with Gasteiger partial charge in [0.2, 0.25) is 0 Å². The fourth-order valence-corrected chi connectivity index (χ4v) is 2.47. The van der Waals surface area contributed by atoms with Crippen molar-refractivity contribution in [2.75, 3.05) is 7.11 Å². The molecule has 20 heavy (non-hydrogen) atoms. The summed E-state index contributed by atoms with van der Waals surface area (Å²) in [6, 6.07) is 0. The number of hydrogen-bond donors (Lipinski definition) is 0. The fourth-order valence-electron chi connectivity index (χ4n) is 2.07. The van der Waals surface area contributed by atoms with Gasteiger partial charge in [-0.25, -0.2) is 4.79 Å². The Morgan fingerprint density at radius 1 is 1.10 bits per heavy atom. The summed E-state index contributed by atoms with van der Waals surface area (Å²) in [5, 5.41) is 0. The van der Waals surface area contributed by atoms with E-state index in [9.17, 15) is 4.79 Å². The molecule has 0 heterocycles. The monoisotopic (exact) mass is 322 g/mol. The lowest BCUT2D eigenvalue weighted by Gasteiger charge is -2.24. The summed E-state index contributed by atoms with van der Waals surface area (Å²) in [6.07, 6.45) is 7.29. The maximum absolute atomic E-state index is 11.1. The summed E-state index contributed by atoms with van der Waals surface area (Å²) < 4.78 is 4.60. The van der Waals surface area contributed by atoms with E-state index in [1.54, 1.807) is 6.08 Å². The summed E-state index contributed by atoms with van der Waals surface area (Å²) in [5.74, 6) is -0.291. The maximum Gasteiger partial charge on any atom is 0.330 e. The number of esters is 1. The summed E-state index contributed by atoms with van der Waals surface area (Å²) in [6.45, 7) is 8.08. The summed E-state index contributed by atoms with van der Waals surface area (Å²) in [7, 11) is 1.39. The van der Waals surface area contributed by atoms with E-state index in [4.69, 9.17) is 23.2 Å². The third-order valence-corrected chi connectivity index (χ3v) is 3.87. The van der Waals surface area contributed by atoms with Crippen LogP contribution in [-0.2, 0) is 9.53 Å². The molecular weight excluding hydrogens is 295 g/mol. The summed E-state index contributed by atoms with van der Waals surface area (Å²) in [4.78, 5) is 10.7. The molecule has 0 amide bonds. The van der Waals surface area contributed by atoms with E-state index in [1.807, 2.05) is 20.8 Å². The van der Waals surface area contributed by atoms with Crippen LogP contribution in [0.5, 0.6) is 0 Å². The van der Waals surface area contributed by atoms with Gasteiger partial charge in [-0.1, -0.05) is 5.57 Å². The molecule has 0 aromatic heterocycles. The first-order chi connectivity index (χ1) is 9.06. The smallest absolute Gasteiger partial charge is 0.330 e. The number of ether oxygens (including phenoxy) is 1. The molecule has 0 aromatic rings. The van der Waals surface area contributed by atoms with Crippen LogP contribution >= 0.6 is 23.2 Å². The van der Waals surface area contributed by atoms with E-state index < -0.39 is 0 Å². The quantitative estimate of drug-likeness (QED) is 0.320. The third-order valence-electron chi connectivity index (χ3n) is 3.30. The van der Waals surface area contributed by atoms with E-state index in [0.717, 1.165) is 44.1 Å². The zero-order chi connectivity index (χ0) is 15.8. The van der Waals surface area contributed by atoms with Crippen LogP contribution < -0.4 is 0 Å². The molecule has 0 aliphatic heterocycles. The molecule has 0 spiro atoms. The van der Waals surface area contributed by atoms with Crippen LogP contribution in [0.3, 0.4) is 0 Å². The number of halogens is 2. The standard InChI is InChI=1S/C16H28Cl2O2/c1-13(12-14(19)20-5)8-6-10-16(4,18)11-7-9-15(2,3)17/h12H,6-11H2,1-5H3. The Morgan fingerprint density at radius 3 is 2.15 bits per heavy atom. The van der Waals surface area contributed by atoms with Crippen molar-refractivity contribution in [3.05, 3.63) is 11.6 Å². The molecule has 0 saturated carbocycles. The fraction of sp³-hybridized carbons (Fsp3) is 0.812. The molecule has 0 radical (unpaired) electrons. The van der Waals surface area contributed by atoms with Crippen LogP contribution in [-0.4, -0.2) is 22.8 Å². The highest BCUT2D eigenvalue weighted by Crippen LogP contribution is 2.31. The van der Waals surface area contributed by atoms with Crippen LogP contribution in [0.1, 0.15) is 66.2 Å². The van der Waals surface area contributed by atoms with Crippen molar-refractivity contribution in [2.45, 2.75) is 76.0 Å². The highest BCUT2D eigenvalue weighted by atomic mass is 35.5. The number of carbonyl (C=O) groups excluding carboxylic acids is 1. The average molecular weight is 323 g/mol. The number of hydrogen-bond acceptors (Lipinski definition) is 2. The molecule has 0 saturated heterocycles. The molecule has 0 rings (SSSR count). The van der Waals surface area contributed by atoms with Gasteiger partial charge in [0.15, 0.2) is 0 Å². The van der Waals surface area contributed by atoms with Gasteiger partial charge in [0, 0.05) is 15.8 Å². The van der Waals surface area contributed by atoms with E-state index in [0.29, 0.717) is 0 Å². The Bertz CT molecular complexity index is 328. The first kappa shape index (κ1) is 19.8. The van der Waals surface area contributed by atoms with Crippen molar-refractivity contribution in [3.63, 3.8) is 0 Å². The van der Waals surface area contributed by atoms with Gasteiger partial charge in [-0.2, -0.15) is 0 Å². The van der Waals surface area contributed by atoms with Gasteiger partial charge in [-0.05, 0) is 66.2 Å². The second kappa shape index (κ2) is 8.94. The van der Waals surface area contributed by atoms with Crippen molar-refractivity contribution in [1.82, 2.24) is 0 Å². The molecule has 118 valence electrons. The third kappa shape index (κ3) is 11.6. The van der Waals surface area contributed by atoms with Crippen LogP contribution in [0.2, 0.25) is 0 Å². The second-order valence-electron chi connectivity index (χ2n) is 6.35. The lowest BCUT2D eigenvalue weighted by Crippen LogP contribution is -2.18. The van der Waals surface area contributed by atoms with Gasteiger partial charge in [0.1, 0.15) is 0 Å². The van der Waals surface area contributed by atoms with Crippen molar-refractivity contribution in [3.8, 4) is 0 Å². The predicted molar refractivity (Wildman–Crippen MR) is 87.7 cm³/mol. The van der Waals surface area contributed by atoms with Crippen molar-refractivity contribution >= 4 is 29.2 Å². The number of carbonyl (C=O) groups is 1. The lowest BCUT2D eigenvalue weighted by atomic mass is 9.93. The number of allylic oxidation sites excluding steroid dienone is 1. The number of rotatable bonds is 9. The molecular formula is C16H28Cl2O2. The molecule has 4 heteroatoms. The minimum absolute atomic E-state index is 0.146. The van der Waals surface area contributed by atoms with Gasteiger partial charge in [-0.3, -0.25) is 0 Å². The zero-order valence-corrected chi connectivity index (χ0v) is 14.9. The molecule has 2 nitrogen and oxygen atoms in total. The molecule has 0 aliphatic carbocycles. The average Bonchev–Trinajstić information content (AvgIpc) is 2.26. The van der Waals surface area contributed by atoms with Gasteiger partial charge in [-0.15, -0.1) is 23.2 Å². The Labute approximate surface area is 133 Å². The van der Waals surface area contributed by atoms with Crippen molar-refractivity contribution < 1.29 is 9.53 Å². The first-order valence-corrected chi connectivity index (χ1v) is 7.94. The minimum atomic E-state index is -0.291. The highest BCUT2D eigenvalue weighted by molar-refractivity contribution is 6.24. The maximum atomic E-state index is 11.1. The zero-order valence-electron chi connectivity index (χ0n) is 13.4. The van der Waals surface area contributed by atoms with E-state index >= 15 is 0 Å². The number of methoxy groups -OCH3 is 1. The summed E-state index contributed by atoms with van der Waals surface area (Å²) in [5.41, 5.74) is 1.03. The SMILES string of the molecule is COC(=O)C=C(C)CCCC(C)(Cl)CCCC(C)(C)Cl. The van der Waals surface area contributed by atoms with Gasteiger partial charge < -0.3 is 4.74 Å². The Balaban J connectivity index is 3.98. The number of alkyl halides is 2. The van der Waals surface area contributed by atoms with E-state index in [-0.39, 0.29) is 15.7 Å². The Kier molecular flexibility index (Phi) is 8.85. The molecule has 0 aliphatic rings. The van der Waals surface area contributed by atoms with Crippen LogP contribution in [0.4, 0.5) is 0 Å². The van der Waals surface area contributed by atoms with Gasteiger partial charge in [0.05, 0.1) is 7.11 Å².